The van der Waals surface area contributed by atoms with Crippen LogP contribution in [-0.2, 0) is 16.0 Å². The van der Waals surface area contributed by atoms with E-state index in [1.807, 2.05) is 24.3 Å². The van der Waals surface area contributed by atoms with E-state index >= 15 is 0 Å². The van der Waals surface area contributed by atoms with Gasteiger partial charge in [0.05, 0.1) is 13.2 Å². The Balaban J connectivity index is 1.54. The molecule has 0 atom stereocenters. The Morgan fingerprint density at radius 2 is 2.04 bits per heavy atom. The lowest BCUT2D eigenvalue weighted by Crippen LogP contribution is -2.28. The van der Waals surface area contributed by atoms with Gasteiger partial charge in [-0.1, -0.05) is 6.42 Å². The molecule has 28 heavy (non-hydrogen) atoms. The highest BCUT2D eigenvalue weighted by atomic mass is 16.5. The summed E-state index contributed by atoms with van der Waals surface area (Å²) in [6, 6.07) is 7.43. The van der Waals surface area contributed by atoms with E-state index in [1.165, 1.54) is 19.3 Å². The number of ether oxygens (including phenoxy) is 2. The first-order chi connectivity index (χ1) is 13.7. The summed E-state index contributed by atoms with van der Waals surface area (Å²) in [5, 5.41) is 10.8. The van der Waals surface area contributed by atoms with Gasteiger partial charge in [-0.05, 0) is 43.0 Å². The maximum atomic E-state index is 12.2. The van der Waals surface area contributed by atoms with Crippen molar-refractivity contribution >= 4 is 5.91 Å². The zero-order valence-corrected chi connectivity index (χ0v) is 16.1. The van der Waals surface area contributed by atoms with Crippen LogP contribution in [0.15, 0.2) is 29.1 Å². The zero-order chi connectivity index (χ0) is 19.8. The molecule has 1 heterocycles. The molecule has 8 nitrogen and oxygen atoms in total. The summed E-state index contributed by atoms with van der Waals surface area (Å²) in [7, 11) is 1.57. The quantitative estimate of drug-likeness (QED) is 0.602. The van der Waals surface area contributed by atoms with Gasteiger partial charge in [0, 0.05) is 32.1 Å². The normalized spacial score (nSPS) is 13.8. The molecule has 0 aliphatic heterocycles. The number of amides is 1. The molecule has 0 spiro atoms. The number of carbonyl (C=O) groups excluding carboxylic acids is 1. The van der Waals surface area contributed by atoms with E-state index in [9.17, 15) is 9.59 Å². The fourth-order valence-electron chi connectivity index (χ4n) is 2.85. The SMILES string of the molecule is COCCNC(=O)CCc1nnc(-c2ccc(OCC3CCC3)cc2)[nH]c1=O. The summed E-state index contributed by atoms with van der Waals surface area (Å²) in [4.78, 5) is 26.7. The van der Waals surface area contributed by atoms with E-state index in [-0.39, 0.29) is 30.0 Å². The van der Waals surface area contributed by atoms with Crippen molar-refractivity contribution < 1.29 is 14.3 Å². The average Bonchev–Trinajstić information content (AvgIpc) is 2.66. The highest BCUT2D eigenvalue weighted by Gasteiger charge is 2.17. The van der Waals surface area contributed by atoms with Crippen LogP contribution in [0, 0.1) is 5.92 Å². The first-order valence-corrected chi connectivity index (χ1v) is 9.60. The number of aryl methyl sites for hydroxylation is 1. The molecule has 1 fully saturated rings. The summed E-state index contributed by atoms with van der Waals surface area (Å²) in [6.45, 7) is 1.64. The first-order valence-electron chi connectivity index (χ1n) is 9.60. The minimum atomic E-state index is -0.333. The van der Waals surface area contributed by atoms with Gasteiger partial charge in [0.15, 0.2) is 5.82 Å². The van der Waals surface area contributed by atoms with Crippen LogP contribution in [0.5, 0.6) is 5.75 Å². The molecule has 3 rings (SSSR count). The Hall–Kier alpha value is -2.74. The smallest absolute Gasteiger partial charge is 0.273 e. The molecule has 2 aromatic rings. The molecule has 1 aliphatic rings. The molecule has 1 aromatic carbocycles. The van der Waals surface area contributed by atoms with E-state index in [2.05, 4.69) is 20.5 Å². The molecule has 1 amide bonds. The second-order valence-corrected chi connectivity index (χ2v) is 6.92. The number of H-pyrrole nitrogens is 1. The van der Waals surface area contributed by atoms with Crippen molar-refractivity contribution in [2.45, 2.75) is 32.1 Å². The average molecular weight is 386 g/mol. The van der Waals surface area contributed by atoms with Crippen LogP contribution in [0.25, 0.3) is 11.4 Å². The van der Waals surface area contributed by atoms with E-state index < -0.39 is 0 Å². The number of hydrogen-bond acceptors (Lipinski definition) is 6. The highest BCUT2D eigenvalue weighted by Crippen LogP contribution is 2.27. The van der Waals surface area contributed by atoms with Gasteiger partial charge in [-0.3, -0.25) is 9.59 Å². The number of nitrogens with zero attached hydrogens (tertiary/aromatic N) is 2. The van der Waals surface area contributed by atoms with E-state index in [0.29, 0.717) is 24.9 Å². The zero-order valence-electron chi connectivity index (χ0n) is 16.1. The maximum absolute atomic E-state index is 12.2. The summed E-state index contributed by atoms with van der Waals surface area (Å²) >= 11 is 0. The topological polar surface area (TPSA) is 106 Å². The summed E-state index contributed by atoms with van der Waals surface area (Å²) in [5.74, 6) is 1.72. The number of aromatic amines is 1. The van der Waals surface area contributed by atoms with Crippen LogP contribution < -0.4 is 15.6 Å². The number of carbonyl (C=O) groups is 1. The lowest BCUT2D eigenvalue weighted by Gasteiger charge is -2.25. The second kappa shape index (κ2) is 9.98. The predicted molar refractivity (Wildman–Crippen MR) is 104 cm³/mol. The van der Waals surface area contributed by atoms with Gasteiger partial charge in [-0.2, -0.15) is 0 Å². The lowest BCUT2D eigenvalue weighted by atomic mass is 9.86. The molecule has 8 heteroatoms. The van der Waals surface area contributed by atoms with Gasteiger partial charge >= 0.3 is 0 Å². The minimum absolute atomic E-state index is 0.153. The fraction of sp³-hybridized carbons (Fsp3) is 0.500. The van der Waals surface area contributed by atoms with Crippen LogP contribution in [0.2, 0.25) is 0 Å². The van der Waals surface area contributed by atoms with E-state index in [4.69, 9.17) is 9.47 Å². The molecular formula is C20H26N4O4. The fourth-order valence-corrected chi connectivity index (χ4v) is 2.85. The number of rotatable bonds is 10. The van der Waals surface area contributed by atoms with Gasteiger partial charge in [0.2, 0.25) is 5.91 Å². The summed E-state index contributed by atoms with van der Waals surface area (Å²) in [6.07, 6.45) is 4.20. The van der Waals surface area contributed by atoms with Crippen molar-refractivity contribution in [3.05, 3.63) is 40.3 Å². The van der Waals surface area contributed by atoms with Crippen LogP contribution in [-0.4, -0.2) is 48.0 Å². The predicted octanol–water partition coefficient (Wildman–Crippen LogP) is 1.71. The van der Waals surface area contributed by atoms with Gasteiger partial charge in [0.25, 0.3) is 5.56 Å². The number of hydrogen-bond donors (Lipinski definition) is 2. The van der Waals surface area contributed by atoms with Crippen LogP contribution in [0.4, 0.5) is 0 Å². The maximum Gasteiger partial charge on any atom is 0.273 e. The number of methoxy groups -OCH3 is 1. The number of nitrogens with one attached hydrogen (secondary N) is 2. The van der Waals surface area contributed by atoms with Gasteiger partial charge in [0.1, 0.15) is 11.4 Å². The van der Waals surface area contributed by atoms with Crippen molar-refractivity contribution in [2.75, 3.05) is 26.9 Å². The van der Waals surface area contributed by atoms with Crippen molar-refractivity contribution in [2.24, 2.45) is 5.92 Å². The monoisotopic (exact) mass is 386 g/mol. The van der Waals surface area contributed by atoms with Crippen LogP contribution in [0.3, 0.4) is 0 Å². The molecule has 0 bridgehead atoms. The molecule has 0 unspecified atom stereocenters. The van der Waals surface area contributed by atoms with Gasteiger partial charge in [-0.15, -0.1) is 10.2 Å². The molecular weight excluding hydrogens is 360 g/mol. The summed E-state index contributed by atoms with van der Waals surface area (Å²) < 4.78 is 10.6. The largest absolute Gasteiger partial charge is 0.493 e. The van der Waals surface area contributed by atoms with Crippen molar-refractivity contribution in [3.63, 3.8) is 0 Å². The third-order valence-corrected chi connectivity index (χ3v) is 4.82. The third-order valence-electron chi connectivity index (χ3n) is 4.82. The van der Waals surface area contributed by atoms with E-state index in [0.717, 1.165) is 17.9 Å². The Morgan fingerprint density at radius 3 is 2.68 bits per heavy atom. The molecule has 1 aromatic heterocycles. The lowest BCUT2D eigenvalue weighted by molar-refractivity contribution is -0.121. The van der Waals surface area contributed by atoms with Crippen LogP contribution >= 0.6 is 0 Å². The Bertz CT molecular complexity index is 831. The Labute approximate surface area is 163 Å². The molecule has 150 valence electrons. The number of benzene rings is 1. The van der Waals surface area contributed by atoms with Crippen molar-refractivity contribution in [3.8, 4) is 17.1 Å². The van der Waals surface area contributed by atoms with Crippen molar-refractivity contribution in [1.29, 1.82) is 0 Å². The molecule has 0 radical (unpaired) electrons. The van der Waals surface area contributed by atoms with E-state index in [1.54, 1.807) is 7.11 Å². The van der Waals surface area contributed by atoms with Gasteiger partial charge in [-0.25, -0.2) is 0 Å². The van der Waals surface area contributed by atoms with Crippen molar-refractivity contribution in [1.82, 2.24) is 20.5 Å². The van der Waals surface area contributed by atoms with Crippen LogP contribution in [0.1, 0.15) is 31.4 Å². The second-order valence-electron chi connectivity index (χ2n) is 6.92. The first kappa shape index (κ1) is 20.0. The highest BCUT2D eigenvalue weighted by molar-refractivity contribution is 5.76. The third kappa shape index (κ3) is 5.63. The van der Waals surface area contributed by atoms with Gasteiger partial charge < -0.3 is 19.8 Å². The molecule has 0 saturated heterocycles. The minimum Gasteiger partial charge on any atom is -0.493 e. The molecule has 2 N–H and O–H groups in total. The molecule has 1 aliphatic carbocycles. The standard InChI is InChI=1S/C20H26N4O4/c1-27-12-11-21-18(25)10-9-17-20(26)22-19(24-23-17)15-5-7-16(8-6-15)28-13-14-3-2-4-14/h5-8,14H,2-4,9-13H2,1H3,(H,21,25)(H,22,24,26). The Kier molecular flexibility index (Phi) is 7.13. The number of aromatic nitrogens is 3. The summed E-state index contributed by atoms with van der Waals surface area (Å²) in [5.41, 5.74) is 0.663. The Morgan fingerprint density at radius 1 is 1.25 bits per heavy atom. The molecule has 1 saturated carbocycles.